The van der Waals surface area contributed by atoms with E-state index in [1.54, 1.807) is 11.0 Å². The van der Waals surface area contributed by atoms with E-state index in [0.29, 0.717) is 12.2 Å². The van der Waals surface area contributed by atoms with Crippen molar-refractivity contribution in [2.45, 2.75) is 13.5 Å². The molecule has 0 radical (unpaired) electrons. The molecule has 2 N–H and O–H groups in total. The Balaban J connectivity index is 1.79. The first kappa shape index (κ1) is 16.9. The topological polar surface area (TPSA) is 69.2 Å². The Morgan fingerprint density at radius 2 is 1.84 bits per heavy atom. The van der Waals surface area contributed by atoms with Crippen LogP contribution < -0.4 is 0 Å². The van der Waals surface area contributed by atoms with Crippen molar-refractivity contribution in [1.82, 2.24) is 15.1 Å². The van der Waals surface area contributed by atoms with Gasteiger partial charge >= 0.3 is 0 Å². The summed E-state index contributed by atoms with van der Waals surface area (Å²) in [5.41, 5.74) is 4.29. The SMILES string of the molecule is Cc1ccc(-c2cc(C(=O)N(CCO)Cc3ccccc3)[nH]n2)cc1. The van der Waals surface area contributed by atoms with Gasteiger partial charge < -0.3 is 10.0 Å². The fourth-order valence-electron chi connectivity index (χ4n) is 2.65. The van der Waals surface area contributed by atoms with Crippen LogP contribution >= 0.6 is 0 Å². The summed E-state index contributed by atoms with van der Waals surface area (Å²) < 4.78 is 0. The third kappa shape index (κ3) is 4.14. The number of aromatic amines is 1. The molecule has 3 rings (SSSR count). The predicted octanol–water partition coefficient (Wildman–Crippen LogP) is 3.02. The van der Waals surface area contributed by atoms with Crippen LogP contribution in [0.2, 0.25) is 0 Å². The van der Waals surface area contributed by atoms with E-state index in [4.69, 9.17) is 0 Å². The number of nitrogens with zero attached hydrogens (tertiary/aromatic N) is 2. The Morgan fingerprint density at radius 1 is 1.12 bits per heavy atom. The van der Waals surface area contributed by atoms with Gasteiger partial charge in [0.25, 0.3) is 5.91 Å². The lowest BCUT2D eigenvalue weighted by atomic mass is 10.1. The van der Waals surface area contributed by atoms with Crippen LogP contribution in [0.1, 0.15) is 21.6 Å². The van der Waals surface area contributed by atoms with E-state index < -0.39 is 0 Å². The molecule has 0 aliphatic carbocycles. The molecule has 0 spiro atoms. The van der Waals surface area contributed by atoms with Gasteiger partial charge in [0.2, 0.25) is 0 Å². The lowest BCUT2D eigenvalue weighted by Gasteiger charge is -2.21. The van der Waals surface area contributed by atoms with Gasteiger partial charge in [0, 0.05) is 18.7 Å². The summed E-state index contributed by atoms with van der Waals surface area (Å²) in [5.74, 6) is -0.177. The zero-order valence-electron chi connectivity index (χ0n) is 14.1. The largest absolute Gasteiger partial charge is 0.395 e. The van der Waals surface area contributed by atoms with E-state index in [1.807, 2.05) is 61.5 Å². The number of aromatic nitrogens is 2. The van der Waals surface area contributed by atoms with Gasteiger partial charge in [-0.05, 0) is 18.6 Å². The molecule has 2 aromatic carbocycles. The fraction of sp³-hybridized carbons (Fsp3) is 0.200. The van der Waals surface area contributed by atoms with Gasteiger partial charge in [0.05, 0.1) is 12.3 Å². The molecule has 0 atom stereocenters. The molecular weight excluding hydrogens is 314 g/mol. The van der Waals surface area contributed by atoms with E-state index in [1.165, 1.54) is 5.56 Å². The second-order valence-corrected chi connectivity index (χ2v) is 5.97. The predicted molar refractivity (Wildman–Crippen MR) is 97.0 cm³/mol. The highest BCUT2D eigenvalue weighted by Gasteiger charge is 2.18. The van der Waals surface area contributed by atoms with E-state index in [0.717, 1.165) is 16.8 Å². The van der Waals surface area contributed by atoms with Gasteiger partial charge in [-0.15, -0.1) is 0 Å². The summed E-state index contributed by atoms with van der Waals surface area (Å²) in [6.07, 6.45) is 0. The molecule has 0 saturated carbocycles. The van der Waals surface area contributed by atoms with Crippen LogP contribution in [0.3, 0.4) is 0 Å². The number of hydrogen-bond donors (Lipinski definition) is 2. The Bertz CT molecular complexity index is 826. The number of H-pyrrole nitrogens is 1. The van der Waals surface area contributed by atoms with Crippen molar-refractivity contribution in [1.29, 1.82) is 0 Å². The molecule has 5 heteroatoms. The highest BCUT2D eigenvalue weighted by molar-refractivity contribution is 5.93. The maximum absolute atomic E-state index is 12.8. The van der Waals surface area contributed by atoms with Crippen molar-refractivity contribution in [3.05, 3.63) is 77.5 Å². The molecule has 0 aliphatic rings. The maximum atomic E-state index is 12.8. The second-order valence-electron chi connectivity index (χ2n) is 5.97. The number of benzene rings is 2. The number of aliphatic hydroxyl groups is 1. The third-order valence-electron chi connectivity index (χ3n) is 4.03. The van der Waals surface area contributed by atoms with Crippen LogP contribution in [0.15, 0.2) is 60.7 Å². The number of carbonyl (C=O) groups excluding carboxylic acids is 1. The molecule has 0 saturated heterocycles. The maximum Gasteiger partial charge on any atom is 0.272 e. The molecule has 1 amide bonds. The molecule has 25 heavy (non-hydrogen) atoms. The molecule has 0 aliphatic heterocycles. The van der Waals surface area contributed by atoms with Crippen molar-refractivity contribution in [3.63, 3.8) is 0 Å². The van der Waals surface area contributed by atoms with Gasteiger partial charge in [-0.3, -0.25) is 9.89 Å². The van der Waals surface area contributed by atoms with E-state index >= 15 is 0 Å². The second kappa shape index (κ2) is 7.77. The van der Waals surface area contributed by atoms with E-state index in [2.05, 4.69) is 10.2 Å². The summed E-state index contributed by atoms with van der Waals surface area (Å²) in [7, 11) is 0. The smallest absolute Gasteiger partial charge is 0.272 e. The zero-order valence-corrected chi connectivity index (χ0v) is 14.1. The number of amides is 1. The van der Waals surface area contributed by atoms with Crippen LogP contribution in [-0.4, -0.2) is 39.3 Å². The molecule has 0 fully saturated rings. The first-order chi connectivity index (χ1) is 12.2. The van der Waals surface area contributed by atoms with Crippen molar-refractivity contribution in [3.8, 4) is 11.3 Å². The average Bonchev–Trinajstić information content (AvgIpc) is 3.12. The van der Waals surface area contributed by atoms with Crippen molar-refractivity contribution in [2.24, 2.45) is 0 Å². The molecule has 3 aromatic rings. The first-order valence-corrected chi connectivity index (χ1v) is 8.24. The summed E-state index contributed by atoms with van der Waals surface area (Å²) >= 11 is 0. The molecule has 5 nitrogen and oxygen atoms in total. The minimum Gasteiger partial charge on any atom is -0.395 e. The number of nitrogens with one attached hydrogen (secondary N) is 1. The molecular formula is C20H21N3O2. The van der Waals surface area contributed by atoms with Gasteiger partial charge in [-0.25, -0.2) is 0 Å². The summed E-state index contributed by atoms with van der Waals surface area (Å²) in [6.45, 7) is 2.66. The summed E-state index contributed by atoms with van der Waals surface area (Å²) in [4.78, 5) is 14.4. The van der Waals surface area contributed by atoms with Gasteiger partial charge in [0.15, 0.2) is 0 Å². The number of hydrogen-bond acceptors (Lipinski definition) is 3. The quantitative estimate of drug-likeness (QED) is 0.727. The van der Waals surface area contributed by atoms with Crippen LogP contribution in [-0.2, 0) is 6.54 Å². The Morgan fingerprint density at radius 3 is 2.52 bits per heavy atom. The molecule has 0 unspecified atom stereocenters. The monoisotopic (exact) mass is 335 g/mol. The zero-order chi connectivity index (χ0) is 17.6. The van der Waals surface area contributed by atoms with Crippen LogP contribution in [0, 0.1) is 6.92 Å². The average molecular weight is 335 g/mol. The van der Waals surface area contributed by atoms with Gasteiger partial charge in [-0.2, -0.15) is 5.10 Å². The summed E-state index contributed by atoms with van der Waals surface area (Å²) in [5, 5.41) is 16.4. The lowest BCUT2D eigenvalue weighted by molar-refractivity contribution is 0.0702. The van der Waals surface area contributed by atoms with Gasteiger partial charge in [0.1, 0.15) is 5.69 Å². The molecule has 1 heterocycles. The minimum absolute atomic E-state index is 0.0858. The van der Waals surface area contributed by atoms with Crippen molar-refractivity contribution >= 4 is 5.91 Å². The van der Waals surface area contributed by atoms with Crippen LogP contribution in [0.4, 0.5) is 0 Å². The Labute approximate surface area is 146 Å². The van der Waals surface area contributed by atoms with E-state index in [-0.39, 0.29) is 19.1 Å². The van der Waals surface area contributed by atoms with Crippen LogP contribution in [0.25, 0.3) is 11.3 Å². The summed E-state index contributed by atoms with van der Waals surface area (Å²) in [6, 6.07) is 19.5. The number of aliphatic hydroxyl groups excluding tert-OH is 1. The Kier molecular flexibility index (Phi) is 5.26. The minimum atomic E-state index is -0.177. The number of aryl methyl sites for hydroxylation is 1. The fourth-order valence-corrected chi connectivity index (χ4v) is 2.65. The highest BCUT2D eigenvalue weighted by Crippen LogP contribution is 2.19. The Hall–Kier alpha value is -2.92. The molecule has 1 aromatic heterocycles. The van der Waals surface area contributed by atoms with Gasteiger partial charge in [-0.1, -0.05) is 60.2 Å². The lowest BCUT2D eigenvalue weighted by Crippen LogP contribution is -2.33. The standard InChI is InChI=1S/C20H21N3O2/c1-15-7-9-17(10-8-15)18-13-19(22-21-18)20(25)23(11-12-24)14-16-5-3-2-4-6-16/h2-10,13,24H,11-12,14H2,1H3,(H,21,22). The molecule has 128 valence electrons. The van der Waals surface area contributed by atoms with E-state index in [9.17, 15) is 9.90 Å². The highest BCUT2D eigenvalue weighted by atomic mass is 16.3. The van der Waals surface area contributed by atoms with Crippen molar-refractivity contribution < 1.29 is 9.90 Å². The molecule has 0 bridgehead atoms. The number of carbonyl (C=O) groups is 1. The van der Waals surface area contributed by atoms with Crippen LogP contribution in [0.5, 0.6) is 0 Å². The first-order valence-electron chi connectivity index (χ1n) is 8.24. The third-order valence-corrected chi connectivity index (χ3v) is 4.03. The number of rotatable bonds is 6. The van der Waals surface area contributed by atoms with Crippen molar-refractivity contribution in [2.75, 3.05) is 13.2 Å². The normalized spacial score (nSPS) is 10.6.